The number of Topliss-reactive ketones (excluding diaryl/α,β-unsaturated/α-hetero) is 1. The lowest BCUT2D eigenvalue weighted by Gasteiger charge is -2.39. The van der Waals surface area contributed by atoms with Crippen molar-refractivity contribution in [3.63, 3.8) is 0 Å². The summed E-state index contributed by atoms with van der Waals surface area (Å²) in [6.45, 7) is 8.35. The lowest BCUT2D eigenvalue weighted by molar-refractivity contribution is -0.138. The second-order valence-electron chi connectivity index (χ2n) is 9.63. The zero-order chi connectivity index (χ0) is 24.5. The highest BCUT2D eigenvalue weighted by Gasteiger charge is 2.43. The van der Waals surface area contributed by atoms with Crippen molar-refractivity contribution in [2.45, 2.75) is 53.1 Å². The fraction of sp³-hybridized carbons (Fsp3) is 0.357. The second-order valence-corrected chi connectivity index (χ2v) is 9.63. The van der Waals surface area contributed by atoms with E-state index in [2.05, 4.69) is 19.2 Å². The summed E-state index contributed by atoms with van der Waals surface area (Å²) in [5.74, 6) is -0.506. The molecule has 0 spiro atoms. The second kappa shape index (κ2) is 9.45. The Bertz CT molecular complexity index is 1160. The molecule has 5 nitrogen and oxygen atoms in total. The van der Waals surface area contributed by atoms with Crippen molar-refractivity contribution in [2.24, 2.45) is 5.41 Å². The summed E-state index contributed by atoms with van der Waals surface area (Å²) < 4.78 is 24.3. The molecule has 1 aliphatic carbocycles. The molecule has 2 aromatic rings. The molecule has 0 saturated carbocycles. The number of rotatable bonds is 6. The van der Waals surface area contributed by atoms with Gasteiger partial charge in [0.1, 0.15) is 18.2 Å². The summed E-state index contributed by atoms with van der Waals surface area (Å²) in [5, 5.41) is 3.33. The molecular formula is C28H30FNO4. The van der Waals surface area contributed by atoms with Gasteiger partial charge in [0.25, 0.3) is 0 Å². The van der Waals surface area contributed by atoms with Crippen molar-refractivity contribution >= 4 is 11.8 Å². The van der Waals surface area contributed by atoms with E-state index in [9.17, 15) is 14.0 Å². The minimum absolute atomic E-state index is 0.0506. The average molecular weight is 464 g/mol. The number of carbonyl (C=O) groups is 2. The molecule has 1 N–H and O–H groups in total. The van der Waals surface area contributed by atoms with Gasteiger partial charge >= 0.3 is 5.97 Å². The first-order valence-corrected chi connectivity index (χ1v) is 11.6. The third-order valence-corrected chi connectivity index (χ3v) is 6.27. The maximum absolute atomic E-state index is 13.3. The number of halogens is 1. The number of dihydropyridines is 1. The monoisotopic (exact) mass is 463 g/mol. The third kappa shape index (κ3) is 4.91. The van der Waals surface area contributed by atoms with Crippen LogP contribution in [0.15, 0.2) is 71.1 Å². The van der Waals surface area contributed by atoms with Crippen molar-refractivity contribution in [2.75, 3.05) is 6.61 Å². The fourth-order valence-corrected chi connectivity index (χ4v) is 4.75. The number of allylic oxidation sites excluding steroid dienone is 3. The van der Waals surface area contributed by atoms with Gasteiger partial charge in [-0.05, 0) is 61.1 Å². The molecule has 0 fully saturated rings. The van der Waals surface area contributed by atoms with Crippen LogP contribution in [0.1, 0.15) is 57.6 Å². The molecule has 4 rings (SSSR count). The van der Waals surface area contributed by atoms with E-state index in [1.807, 2.05) is 31.2 Å². The number of esters is 1. The van der Waals surface area contributed by atoms with E-state index < -0.39 is 11.9 Å². The third-order valence-electron chi connectivity index (χ3n) is 6.27. The maximum Gasteiger partial charge on any atom is 0.336 e. The van der Waals surface area contributed by atoms with Crippen LogP contribution >= 0.6 is 0 Å². The van der Waals surface area contributed by atoms with E-state index in [-0.39, 0.29) is 23.6 Å². The molecule has 0 bridgehead atoms. The Hall–Kier alpha value is -3.41. The molecular weight excluding hydrogens is 433 g/mol. The molecule has 2 aromatic carbocycles. The van der Waals surface area contributed by atoms with Crippen LogP contribution in [-0.4, -0.2) is 18.4 Å². The van der Waals surface area contributed by atoms with Gasteiger partial charge < -0.3 is 14.8 Å². The van der Waals surface area contributed by atoms with E-state index in [0.29, 0.717) is 35.6 Å². The number of benzene rings is 2. The average Bonchev–Trinajstić information content (AvgIpc) is 2.77. The summed E-state index contributed by atoms with van der Waals surface area (Å²) in [7, 11) is 0. The number of ether oxygens (including phenoxy) is 2. The zero-order valence-electron chi connectivity index (χ0n) is 20.0. The standard InChI is InChI=1S/C28H30FNO4/c1-5-33-27(32)24-17(2)30-22-14-28(3,4)15-23(31)26(22)25(24)19-8-12-21(13-9-19)34-16-18-6-10-20(29)11-7-18/h6-13,25,30H,5,14-16H2,1-4H3. The van der Waals surface area contributed by atoms with Crippen LogP contribution < -0.4 is 10.1 Å². The molecule has 1 heterocycles. The SMILES string of the molecule is CCOC(=O)C1=C(C)NC2=C(C(=O)CC(C)(C)C2)C1c1ccc(OCc2ccc(F)cc2)cc1. The van der Waals surface area contributed by atoms with Crippen LogP contribution in [0.5, 0.6) is 5.75 Å². The molecule has 0 radical (unpaired) electrons. The number of ketones is 1. The van der Waals surface area contributed by atoms with Gasteiger partial charge in [-0.15, -0.1) is 0 Å². The lowest BCUT2D eigenvalue weighted by atomic mass is 9.68. The lowest BCUT2D eigenvalue weighted by Crippen LogP contribution is -2.38. The molecule has 178 valence electrons. The van der Waals surface area contributed by atoms with Crippen molar-refractivity contribution < 1.29 is 23.5 Å². The quantitative estimate of drug-likeness (QED) is 0.567. The highest BCUT2D eigenvalue weighted by Crippen LogP contribution is 2.47. The van der Waals surface area contributed by atoms with E-state index in [1.54, 1.807) is 19.1 Å². The van der Waals surface area contributed by atoms with Gasteiger partial charge in [0.2, 0.25) is 0 Å². The van der Waals surface area contributed by atoms with Crippen LogP contribution in [0.25, 0.3) is 0 Å². The summed E-state index contributed by atoms with van der Waals surface area (Å²) >= 11 is 0. The van der Waals surface area contributed by atoms with Crippen LogP contribution in [0, 0.1) is 11.2 Å². The van der Waals surface area contributed by atoms with E-state index in [0.717, 1.165) is 23.2 Å². The fourth-order valence-electron chi connectivity index (χ4n) is 4.75. The van der Waals surface area contributed by atoms with E-state index >= 15 is 0 Å². The summed E-state index contributed by atoms with van der Waals surface area (Å²) in [6.07, 6.45) is 1.16. The predicted octanol–water partition coefficient (Wildman–Crippen LogP) is 5.57. The van der Waals surface area contributed by atoms with Gasteiger partial charge in [0.05, 0.1) is 12.2 Å². The Morgan fingerprint density at radius 3 is 2.41 bits per heavy atom. The van der Waals surface area contributed by atoms with Crippen LogP contribution in [0.3, 0.4) is 0 Å². The Morgan fingerprint density at radius 2 is 1.76 bits per heavy atom. The van der Waals surface area contributed by atoms with Gasteiger partial charge in [0, 0.05) is 29.3 Å². The topological polar surface area (TPSA) is 64.6 Å². The minimum Gasteiger partial charge on any atom is -0.489 e. The van der Waals surface area contributed by atoms with E-state index in [1.165, 1.54) is 12.1 Å². The van der Waals surface area contributed by atoms with Crippen molar-refractivity contribution in [1.29, 1.82) is 0 Å². The largest absolute Gasteiger partial charge is 0.489 e. The predicted molar refractivity (Wildman–Crippen MR) is 127 cm³/mol. The molecule has 0 amide bonds. The highest BCUT2D eigenvalue weighted by molar-refractivity contribution is 6.04. The molecule has 1 aliphatic heterocycles. The Balaban J connectivity index is 1.65. The normalized spacial score (nSPS) is 19.4. The summed E-state index contributed by atoms with van der Waals surface area (Å²) in [4.78, 5) is 26.2. The van der Waals surface area contributed by atoms with Gasteiger partial charge in [-0.25, -0.2) is 9.18 Å². The Morgan fingerprint density at radius 1 is 1.09 bits per heavy atom. The Labute approximate surface area is 199 Å². The summed E-state index contributed by atoms with van der Waals surface area (Å²) in [6, 6.07) is 13.6. The van der Waals surface area contributed by atoms with E-state index in [4.69, 9.17) is 9.47 Å². The first-order chi connectivity index (χ1) is 16.2. The first-order valence-electron chi connectivity index (χ1n) is 11.6. The van der Waals surface area contributed by atoms with Crippen LogP contribution in [-0.2, 0) is 20.9 Å². The van der Waals surface area contributed by atoms with Crippen LogP contribution in [0.4, 0.5) is 4.39 Å². The van der Waals surface area contributed by atoms with Crippen molar-refractivity contribution in [1.82, 2.24) is 5.32 Å². The minimum atomic E-state index is -0.495. The maximum atomic E-state index is 13.3. The molecule has 6 heteroatoms. The molecule has 2 aliphatic rings. The summed E-state index contributed by atoms with van der Waals surface area (Å²) in [5.41, 5.74) is 4.25. The smallest absolute Gasteiger partial charge is 0.336 e. The Kier molecular flexibility index (Phi) is 6.60. The molecule has 0 aromatic heterocycles. The highest BCUT2D eigenvalue weighted by atomic mass is 19.1. The number of hydrogen-bond donors (Lipinski definition) is 1. The zero-order valence-corrected chi connectivity index (χ0v) is 20.0. The first kappa shape index (κ1) is 23.7. The number of carbonyl (C=O) groups excluding carboxylic acids is 2. The van der Waals surface area contributed by atoms with Gasteiger partial charge in [-0.2, -0.15) is 0 Å². The van der Waals surface area contributed by atoms with Crippen molar-refractivity contribution in [3.8, 4) is 5.75 Å². The molecule has 1 atom stereocenters. The molecule has 0 saturated heterocycles. The number of nitrogens with one attached hydrogen (secondary N) is 1. The van der Waals surface area contributed by atoms with Gasteiger partial charge in [-0.1, -0.05) is 38.1 Å². The van der Waals surface area contributed by atoms with Gasteiger partial charge in [0.15, 0.2) is 5.78 Å². The van der Waals surface area contributed by atoms with Gasteiger partial charge in [-0.3, -0.25) is 4.79 Å². The number of hydrogen-bond acceptors (Lipinski definition) is 5. The molecule has 1 unspecified atom stereocenters. The van der Waals surface area contributed by atoms with Crippen LogP contribution in [0.2, 0.25) is 0 Å². The van der Waals surface area contributed by atoms with Crippen molar-refractivity contribution in [3.05, 3.63) is 88.0 Å². The molecule has 34 heavy (non-hydrogen) atoms.